The van der Waals surface area contributed by atoms with E-state index in [0.29, 0.717) is 6.42 Å². The number of carbonyl (C=O) groups excluding carboxylic acids is 1. The maximum Gasteiger partial charge on any atom is 0.203 e. The number of hydrogen-bond acceptors (Lipinski definition) is 7. The zero-order chi connectivity index (χ0) is 17.2. The number of aryl methyl sites for hydroxylation is 1. The number of anilines is 1. The zero-order valence-electron chi connectivity index (χ0n) is 13.2. The van der Waals surface area contributed by atoms with Crippen LogP contribution in [0, 0.1) is 17.0 Å². The molecule has 23 heavy (non-hydrogen) atoms. The van der Waals surface area contributed by atoms with Crippen LogP contribution in [0.2, 0.25) is 4.34 Å². The quantitative estimate of drug-likeness (QED) is 0.364. The molecule has 2 heterocycles. The van der Waals surface area contributed by atoms with Crippen molar-refractivity contribution in [3.63, 3.8) is 0 Å². The number of nitrogens with one attached hydrogen (secondary N) is 1. The molecule has 7 nitrogen and oxygen atoms in total. The second-order valence-corrected chi connectivity index (χ2v) is 6.37. The van der Waals surface area contributed by atoms with Crippen molar-refractivity contribution in [2.75, 3.05) is 31.5 Å². The summed E-state index contributed by atoms with van der Waals surface area (Å²) in [6.45, 7) is 5.85. The molecule has 9 heteroatoms. The number of aliphatic imine (C=N–C) groups is 1. The van der Waals surface area contributed by atoms with Crippen LogP contribution >= 0.6 is 22.9 Å². The van der Waals surface area contributed by atoms with Gasteiger partial charge in [-0.3, -0.25) is 15.1 Å². The van der Waals surface area contributed by atoms with E-state index in [1.165, 1.54) is 18.3 Å². The van der Waals surface area contributed by atoms with E-state index in [4.69, 9.17) is 16.4 Å². The van der Waals surface area contributed by atoms with Gasteiger partial charge in [0.2, 0.25) is 6.54 Å². The number of hydrogen-bond donors (Lipinski definition) is 1. The Hall–Kier alpha value is -1.67. The summed E-state index contributed by atoms with van der Waals surface area (Å²) in [5.41, 5.74) is 2.01. The van der Waals surface area contributed by atoms with Gasteiger partial charge in [0, 0.05) is 24.4 Å². The molecule has 1 N–H and O–H groups in total. The smallest absolute Gasteiger partial charge is 0.203 e. The lowest BCUT2D eigenvalue weighted by molar-refractivity contribution is -0.480. The minimum absolute atomic E-state index is 0.0310. The molecule has 0 atom stereocenters. The topological polar surface area (TPSA) is 87.8 Å². The molecule has 0 bridgehead atoms. The molecule has 0 aromatic carbocycles. The molecule has 128 valence electrons. The highest BCUT2D eigenvalue weighted by Gasteiger charge is 2.19. The number of halogens is 1. The summed E-state index contributed by atoms with van der Waals surface area (Å²) >= 11 is 7.64. The number of rotatable bonds is 6. The van der Waals surface area contributed by atoms with Gasteiger partial charge in [-0.25, -0.2) is 0 Å². The van der Waals surface area contributed by atoms with E-state index in [-0.39, 0.29) is 11.5 Å². The van der Waals surface area contributed by atoms with Gasteiger partial charge >= 0.3 is 0 Å². The number of unbranched alkanes of at least 4 members (excludes halogenated alkanes) is 1. The highest BCUT2D eigenvalue weighted by atomic mass is 35.5. The van der Waals surface area contributed by atoms with Crippen molar-refractivity contribution in [3.8, 4) is 0 Å². The van der Waals surface area contributed by atoms with Gasteiger partial charge in [0.1, 0.15) is 10.6 Å². The van der Waals surface area contributed by atoms with Crippen molar-refractivity contribution < 1.29 is 9.72 Å². The van der Waals surface area contributed by atoms with Crippen LogP contribution in [0.25, 0.3) is 0 Å². The standard InChI is InChI=1S/C12H17ClN4O2S.C2H4O/c1-9-8-20-11(13)10(9)15-12-14-4-7-16(12)5-2-3-6-17(18)19;1-2-3/h8H,2-7H2,1H3,(H,14,15);2H,1H3. The van der Waals surface area contributed by atoms with Gasteiger partial charge < -0.3 is 15.0 Å². The first-order valence-corrected chi connectivity index (χ1v) is 8.57. The van der Waals surface area contributed by atoms with Crippen LogP contribution in [0.5, 0.6) is 0 Å². The Morgan fingerprint density at radius 2 is 2.26 bits per heavy atom. The molecule has 1 aromatic heterocycles. The van der Waals surface area contributed by atoms with Crippen LogP contribution in [0.1, 0.15) is 25.3 Å². The molecule has 0 radical (unpaired) electrons. The molecule has 0 unspecified atom stereocenters. The van der Waals surface area contributed by atoms with Crippen LogP contribution < -0.4 is 5.32 Å². The average molecular weight is 361 g/mol. The molecule has 0 saturated carbocycles. The van der Waals surface area contributed by atoms with Crippen molar-refractivity contribution in [1.82, 2.24) is 4.90 Å². The summed E-state index contributed by atoms with van der Waals surface area (Å²) in [7, 11) is 0. The minimum atomic E-state index is -0.272. The normalized spacial score (nSPS) is 13.2. The predicted octanol–water partition coefficient (Wildman–Crippen LogP) is 3.06. The van der Waals surface area contributed by atoms with Gasteiger partial charge in [0.25, 0.3) is 0 Å². The highest BCUT2D eigenvalue weighted by Crippen LogP contribution is 2.32. The molecule has 0 saturated heterocycles. The van der Waals surface area contributed by atoms with E-state index in [1.807, 2.05) is 12.3 Å². The third-order valence-corrected chi connectivity index (χ3v) is 4.46. The summed E-state index contributed by atoms with van der Waals surface area (Å²) in [5.74, 6) is 0.814. The number of nitro groups is 1. The Labute approximate surface area is 144 Å². The fourth-order valence-corrected chi connectivity index (χ4v) is 3.09. The number of aldehydes is 1. The van der Waals surface area contributed by atoms with Gasteiger partial charge in [-0.2, -0.15) is 0 Å². The first-order chi connectivity index (χ1) is 11.0. The van der Waals surface area contributed by atoms with Crippen molar-refractivity contribution in [1.29, 1.82) is 0 Å². The summed E-state index contributed by atoms with van der Waals surface area (Å²) in [4.78, 5) is 25.4. The summed E-state index contributed by atoms with van der Waals surface area (Å²) in [6, 6.07) is 0. The molecule has 1 aromatic rings. The molecule has 0 fully saturated rings. The Bertz CT molecular complexity index is 543. The van der Waals surface area contributed by atoms with E-state index in [0.717, 1.165) is 53.9 Å². The number of guanidine groups is 1. The van der Waals surface area contributed by atoms with Gasteiger partial charge in [-0.05, 0) is 31.2 Å². The van der Waals surface area contributed by atoms with Crippen LogP contribution in [-0.4, -0.2) is 48.2 Å². The van der Waals surface area contributed by atoms with Gasteiger partial charge in [-0.15, -0.1) is 11.3 Å². The largest absolute Gasteiger partial charge is 0.341 e. The van der Waals surface area contributed by atoms with Crippen molar-refractivity contribution in [2.24, 2.45) is 4.99 Å². The zero-order valence-corrected chi connectivity index (χ0v) is 14.8. The van der Waals surface area contributed by atoms with Crippen LogP contribution in [-0.2, 0) is 4.79 Å². The second kappa shape index (κ2) is 10.2. The maximum atomic E-state index is 10.3. The fourth-order valence-electron chi connectivity index (χ4n) is 2.03. The van der Waals surface area contributed by atoms with Crippen molar-refractivity contribution >= 4 is 40.9 Å². The second-order valence-electron chi connectivity index (χ2n) is 4.88. The first-order valence-electron chi connectivity index (χ1n) is 7.31. The van der Waals surface area contributed by atoms with E-state index in [9.17, 15) is 10.1 Å². The third-order valence-electron chi connectivity index (χ3n) is 3.12. The van der Waals surface area contributed by atoms with E-state index in [1.54, 1.807) is 0 Å². The van der Waals surface area contributed by atoms with E-state index >= 15 is 0 Å². The summed E-state index contributed by atoms with van der Waals surface area (Å²) in [6.07, 6.45) is 2.13. The van der Waals surface area contributed by atoms with Gasteiger partial charge in [-0.1, -0.05) is 11.6 Å². The fraction of sp³-hybridized carbons (Fsp3) is 0.571. The van der Waals surface area contributed by atoms with Crippen molar-refractivity contribution in [2.45, 2.75) is 26.7 Å². The number of nitrogens with zero attached hydrogens (tertiary/aromatic N) is 3. The van der Waals surface area contributed by atoms with Crippen LogP contribution in [0.15, 0.2) is 10.4 Å². The van der Waals surface area contributed by atoms with Gasteiger partial charge in [0.05, 0.1) is 12.2 Å². The van der Waals surface area contributed by atoms with Crippen LogP contribution in [0.4, 0.5) is 5.69 Å². The number of thiophene rings is 1. The number of carbonyl (C=O) groups is 1. The minimum Gasteiger partial charge on any atom is -0.341 e. The molecule has 0 spiro atoms. The Morgan fingerprint density at radius 3 is 2.83 bits per heavy atom. The summed E-state index contributed by atoms with van der Waals surface area (Å²) < 4.78 is 0.727. The SMILES string of the molecule is CC=O.Cc1csc(Cl)c1NC1=NCCN1CCCC[N+](=O)[O-]. The van der Waals surface area contributed by atoms with Crippen molar-refractivity contribution in [3.05, 3.63) is 25.4 Å². The molecule has 0 aliphatic carbocycles. The lowest BCUT2D eigenvalue weighted by atomic mass is 10.3. The lowest BCUT2D eigenvalue weighted by Gasteiger charge is -2.21. The van der Waals surface area contributed by atoms with Gasteiger partial charge in [0.15, 0.2) is 5.96 Å². The predicted molar refractivity (Wildman–Crippen MR) is 94.4 cm³/mol. The molecular formula is C14H21ClN4O3S. The molecular weight excluding hydrogens is 340 g/mol. The Balaban J connectivity index is 0.000000816. The average Bonchev–Trinajstić information content (AvgIpc) is 3.06. The monoisotopic (exact) mass is 360 g/mol. The summed E-state index contributed by atoms with van der Waals surface area (Å²) in [5, 5.41) is 15.6. The molecule has 1 aliphatic heterocycles. The highest BCUT2D eigenvalue weighted by molar-refractivity contribution is 7.15. The van der Waals surface area contributed by atoms with E-state index < -0.39 is 0 Å². The van der Waals surface area contributed by atoms with Crippen LogP contribution in [0.3, 0.4) is 0 Å². The Morgan fingerprint density at radius 1 is 1.57 bits per heavy atom. The first kappa shape index (κ1) is 19.4. The molecule has 2 rings (SSSR count). The molecule has 1 aliphatic rings. The lowest BCUT2D eigenvalue weighted by Crippen LogP contribution is -2.34. The third kappa shape index (κ3) is 6.54. The Kier molecular flexibility index (Phi) is 8.57. The molecule has 0 amide bonds. The van der Waals surface area contributed by atoms with E-state index in [2.05, 4.69) is 15.2 Å². The maximum absolute atomic E-state index is 10.3.